The van der Waals surface area contributed by atoms with Gasteiger partial charge < -0.3 is 4.42 Å². The Hall–Kier alpha value is -2.61. The predicted octanol–water partition coefficient (Wildman–Crippen LogP) is 4.35. The number of hydrogen-bond donors (Lipinski definition) is 0. The van der Waals surface area contributed by atoms with Crippen LogP contribution in [0, 0.1) is 6.92 Å². The smallest absolute Gasteiger partial charge is 0.435 e. The van der Waals surface area contributed by atoms with E-state index in [0.717, 1.165) is 0 Å². The number of anilines is 1. The third-order valence-electron chi connectivity index (χ3n) is 3.19. The molecule has 2 aromatic heterocycles. The molecule has 9 heteroatoms. The number of nitrogens with zero attached hydrogens (tertiary/aromatic N) is 3. The second-order valence-corrected chi connectivity index (χ2v) is 5.21. The fourth-order valence-electron chi connectivity index (χ4n) is 2.16. The molecule has 0 spiro atoms. The monoisotopic (exact) mass is 355 g/mol. The van der Waals surface area contributed by atoms with E-state index < -0.39 is 23.5 Å². The number of carbonyl (C=O) groups excluding carboxylic acids is 1. The number of pyridine rings is 1. The SMILES string of the molecule is Cc1nc(C(F)(F)F)c(C(=O)N(Cl)c2ccc3ncccc3c2)o1. The van der Waals surface area contributed by atoms with Crippen molar-refractivity contribution in [3.63, 3.8) is 0 Å². The summed E-state index contributed by atoms with van der Waals surface area (Å²) >= 11 is 5.93. The van der Waals surface area contributed by atoms with E-state index in [1.807, 2.05) is 0 Å². The lowest BCUT2D eigenvalue weighted by Gasteiger charge is -2.14. The Morgan fingerprint density at radius 2 is 2.04 bits per heavy atom. The molecule has 3 aromatic rings. The van der Waals surface area contributed by atoms with Crippen LogP contribution in [0.1, 0.15) is 22.1 Å². The van der Waals surface area contributed by atoms with Crippen LogP contribution in [-0.4, -0.2) is 15.9 Å². The van der Waals surface area contributed by atoms with Gasteiger partial charge in [0.1, 0.15) is 0 Å². The summed E-state index contributed by atoms with van der Waals surface area (Å²) in [7, 11) is 0. The maximum absolute atomic E-state index is 13.0. The van der Waals surface area contributed by atoms with Crippen LogP contribution in [0.25, 0.3) is 10.9 Å². The minimum Gasteiger partial charge on any atom is -0.435 e. The number of alkyl halides is 3. The van der Waals surface area contributed by atoms with Gasteiger partial charge in [0.05, 0.1) is 11.2 Å². The van der Waals surface area contributed by atoms with Crippen LogP contribution in [0.4, 0.5) is 18.9 Å². The highest BCUT2D eigenvalue weighted by atomic mass is 35.5. The summed E-state index contributed by atoms with van der Waals surface area (Å²) in [6.07, 6.45) is -3.23. The molecule has 5 nitrogen and oxygen atoms in total. The van der Waals surface area contributed by atoms with Gasteiger partial charge in [-0.15, -0.1) is 0 Å². The Morgan fingerprint density at radius 3 is 2.75 bits per heavy atom. The summed E-state index contributed by atoms with van der Waals surface area (Å²) in [6, 6.07) is 8.03. The number of oxazole rings is 1. The van der Waals surface area contributed by atoms with Crippen molar-refractivity contribution in [3.8, 4) is 0 Å². The molecule has 3 rings (SSSR count). The maximum Gasteiger partial charge on any atom is 0.437 e. The largest absolute Gasteiger partial charge is 0.437 e. The summed E-state index contributed by atoms with van der Waals surface area (Å²) in [5.74, 6) is -2.40. The predicted molar refractivity (Wildman–Crippen MR) is 80.6 cm³/mol. The molecular formula is C15H9ClF3N3O2. The van der Waals surface area contributed by atoms with E-state index in [1.165, 1.54) is 19.1 Å². The second kappa shape index (κ2) is 5.79. The molecule has 0 saturated carbocycles. The second-order valence-electron chi connectivity index (χ2n) is 4.87. The molecule has 0 aliphatic heterocycles. The number of aromatic nitrogens is 2. The summed E-state index contributed by atoms with van der Waals surface area (Å²) in [5, 5.41) is 0.679. The van der Waals surface area contributed by atoms with Crippen molar-refractivity contribution >= 4 is 34.3 Å². The van der Waals surface area contributed by atoms with Crippen molar-refractivity contribution in [2.24, 2.45) is 0 Å². The van der Waals surface area contributed by atoms with Crippen LogP contribution in [0.2, 0.25) is 0 Å². The summed E-state index contributed by atoms with van der Waals surface area (Å²) in [4.78, 5) is 19.6. The minimum absolute atomic E-state index is 0.185. The number of carbonyl (C=O) groups is 1. The van der Waals surface area contributed by atoms with E-state index in [0.29, 0.717) is 15.3 Å². The summed E-state index contributed by atoms with van der Waals surface area (Å²) in [6.45, 7) is 1.21. The minimum atomic E-state index is -4.83. The van der Waals surface area contributed by atoms with Gasteiger partial charge in [-0.1, -0.05) is 6.07 Å². The number of aryl methyl sites for hydroxylation is 1. The molecule has 0 N–H and O–H groups in total. The Morgan fingerprint density at radius 1 is 1.29 bits per heavy atom. The van der Waals surface area contributed by atoms with Crippen molar-refractivity contribution in [3.05, 3.63) is 53.9 Å². The van der Waals surface area contributed by atoms with Gasteiger partial charge in [-0.3, -0.25) is 9.78 Å². The van der Waals surface area contributed by atoms with Gasteiger partial charge in [-0.05, 0) is 24.3 Å². The number of hydrogen-bond acceptors (Lipinski definition) is 4. The highest BCUT2D eigenvalue weighted by Gasteiger charge is 2.41. The quantitative estimate of drug-likeness (QED) is 0.641. The zero-order valence-corrected chi connectivity index (χ0v) is 12.9. The molecule has 0 radical (unpaired) electrons. The lowest BCUT2D eigenvalue weighted by Crippen LogP contribution is -2.23. The molecule has 0 atom stereocenters. The Kier molecular flexibility index (Phi) is 3.92. The van der Waals surface area contributed by atoms with Gasteiger partial charge in [0.2, 0.25) is 5.76 Å². The summed E-state index contributed by atoms with van der Waals surface area (Å²) < 4.78 is 44.2. The number of rotatable bonds is 2. The first-order valence-electron chi connectivity index (χ1n) is 6.67. The number of amides is 1. The van der Waals surface area contributed by atoms with E-state index in [-0.39, 0.29) is 11.6 Å². The third kappa shape index (κ3) is 2.92. The zero-order valence-electron chi connectivity index (χ0n) is 12.1. The van der Waals surface area contributed by atoms with Crippen LogP contribution in [0.3, 0.4) is 0 Å². The Bertz CT molecular complexity index is 924. The molecule has 1 aromatic carbocycles. The maximum atomic E-state index is 13.0. The number of benzene rings is 1. The highest BCUT2D eigenvalue weighted by molar-refractivity contribution is 6.39. The molecule has 0 unspecified atom stereocenters. The molecule has 0 aliphatic rings. The topological polar surface area (TPSA) is 59.2 Å². The van der Waals surface area contributed by atoms with Gasteiger partial charge in [0.15, 0.2) is 11.6 Å². The van der Waals surface area contributed by atoms with Gasteiger partial charge in [-0.2, -0.15) is 13.2 Å². The van der Waals surface area contributed by atoms with Crippen molar-refractivity contribution < 1.29 is 22.4 Å². The molecule has 0 aliphatic carbocycles. The van der Waals surface area contributed by atoms with Crippen LogP contribution in [0.15, 0.2) is 40.9 Å². The van der Waals surface area contributed by atoms with Gasteiger partial charge >= 0.3 is 12.1 Å². The van der Waals surface area contributed by atoms with Gasteiger partial charge in [0, 0.05) is 30.3 Å². The average molecular weight is 356 g/mol. The average Bonchev–Trinajstić information content (AvgIpc) is 2.95. The molecule has 0 fully saturated rings. The molecule has 1 amide bonds. The Balaban J connectivity index is 2.00. The van der Waals surface area contributed by atoms with Crippen molar-refractivity contribution in [2.75, 3.05) is 4.42 Å². The van der Waals surface area contributed by atoms with Crippen LogP contribution >= 0.6 is 11.8 Å². The highest BCUT2D eigenvalue weighted by Crippen LogP contribution is 2.33. The molecule has 2 heterocycles. The lowest BCUT2D eigenvalue weighted by molar-refractivity contribution is -0.141. The lowest BCUT2D eigenvalue weighted by atomic mass is 10.2. The third-order valence-corrected chi connectivity index (χ3v) is 3.54. The van der Waals surface area contributed by atoms with Gasteiger partial charge in [-0.25, -0.2) is 9.40 Å². The van der Waals surface area contributed by atoms with Crippen molar-refractivity contribution in [1.29, 1.82) is 0 Å². The van der Waals surface area contributed by atoms with E-state index in [1.54, 1.807) is 24.4 Å². The fraction of sp³-hybridized carbons (Fsp3) is 0.133. The van der Waals surface area contributed by atoms with Crippen molar-refractivity contribution in [2.45, 2.75) is 13.1 Å². The first kappa shape index (κ1) is 16.3. The zero-order chi connectivity index (χ0) is 17.5. The fourth-order valence-corrected chi connectivity index (χ4v) is 2.34. The van der Waals surface area contributed by atoms with Crippen LogP contribution in [0.5, 0.6) is 0 Å². The molecule has 0 bridgehead atoms. The van der Waals surface area contributed by atoms with Crippen molar-refractivity contribution in [1.82, 2.24) is 9.97 Å². The van der Waals surface area contributed by atoms with E-state index >= 15 is 0 Å². The number of halogens is 4. The first-order chi connectivity index (χ1) is 11.3. The van der Waals surface area contributed by atoms with E-state index in [4.69, 9.17) is 16.2 Å². The molecule has 0 saturated heterocycles. The Labute approximate surface area is 138 Å². The normalized spacial score (nSPS) is 11.7. The van der Waals surface area contributed by atoms with Crippen LogP contribution < -0.4 is 4.42 Å². The van der Waals surface area contributed by atoms with E-state index in [9.17, 15) is 18.0 Å². The molecule has 124 valence electrons. The van der Waals surface area contributed by atoms with Gasteiger partial charge in [0.25, 0.3) is 0 Å². The molecular weight excluding hydrogens is 347 g/mol. The first-order valence-corrected chi connectivity index (χ1v) is 7.01. The van der Waals surface area contributed by atoms with E-state index in [2.05, 4.69) is 9.97 Å². The van der Waals surface area contributed by atoms with Crippen LogP contribution in [-0.2, 0) is 6.18 Å². The standard InChI is InChI=1S/C15H9ClF3N3O2/c1-8-21-13(15(17,18)19)12(24-8)14(23)22(16)10-4-5-11-9(7-10)3-2-6-20-11/h2-7H,1H3. The summed E-state index contributed by atoms with van der Waals surface area (Å²) in [5.41, 5.74) is -0.562. The number of fused-ring (bicyclic) bond motifs is 1. The molecule has 24 heavy (non-hydrogen) atoms.